The Kier molecular flexibility index (Phi) is 8.54. The predicted octanol–water partition coefficient (Wildman–Crippen LogP) is -1.43. The van der Waals surface area contributed by atoms with Crippen LogP contribution in [-0.2, 0) is 6.54 Å². The van der Waals surface area contributed by atoms with Crippen LogP contribution < -0.4 is 27.2 Å². The molecule has 0 bridgehead atoms. The van der Waals surface area contributed by atoms with Gasteiger partial charge in [-0.15, -0.1) is 0 Å². The van der Waals surface area contributed by atoms with E-state index in [-0.39, 0.29) is 25.1 Å². The third-order valence-electron chi connectivity index (χ3n) is 2.78. The van der Waals surface area contributed by atoms with Crippen LogP contribution in [0.25, 0.3) is 0 Å². The fraction of sp³-hybridized carbons (Fsp3) is 0.538. The van der Waals surface area contributed by atoms with Crippen molar-refractivity contribution in [2.24, 2.45) is 0 Å². The maximum absolute atomic E-state index is 9.11. The average Bonchev–Trinajstić information content (AvgIpc) is 2.39. The number of hydrogen-bond donors (Lipinski definition) is 2. The summed E-state index contributed by atoms with van der Waals surface area (Å²) in [7, 11) is 3.25. The predicted molar refractivity (Wildman–Crippen MR) is 67.6 cm³/mol. The van der Waals surface area contributed by atoms with Crippen LogP contribution in [0.1, 0.15) is 18.9 Å². The van der Waals surface area contributed by atoms with Crippen molar-refractivity contribution in [3.63, 3.8) is 0 Å². The zero-order valence-corrected chi connectivity index (χ0v) is 11.8. The number of para-hydroxylation sites is 1. The van der Waals surface area contributed by atoms with Gasteiger partial charge in [-0.3, -0.25) is 0 Å². The molecular formula is C13H21ClNO3-. The number of aliphatic hydroxyl groups excluding tert-OH is 1. The van der Waals surface area contributed by atoms with E-state index in [0.717, 1.165) is 23.5 Å². The van der Waals surface area contributed by atoms with Crippen molar-refractivity contribution in [3.05, 3.63) is 23.8 Å². The molecule has 1 unspecified atom stereocenters. The van der Waals surface area contributed by atoms with E-state index in [0.29, 0.717) is 6.54 Å². The molecule has 0 amide bonds. The largest absolute Gasteiger partial charge is 1.00 e. The van der Waals surface area contributed by atoms with Crippen LogP contribution in [0.5, 0.6) is 11.5 Å². The molecule has 2 N–H and O–H groups in total. The van der Waals surface area contributed by atoms with Crippen molar-refractivity contribution in [2.75, 3.05) is 20.8 Å². The van der Waals surface area contributed by atoms with Gasteiger partial charge >= 0.3 is 0 Å². The molecule has 1 aromatic carbocycles. The Labute approximate surface area is 115 Å². The third kappa shape index (κ3) is 4.37. The standard InChI is InChI=1S/C13H21NO3.ClH/c1-4-11(9-15)14-8-10-6-5-7-12(16-2)13(10)17-3;/h5-7,11,14-15H,4,8-9H2,1-3H3;1H/p-1. The summed E-state index contributed by atoms with van der Waals surface area (Å²) >= 11 is 0. The van der Waals surface area contributed by atoms with E-state index in [1.165, 1.54) is 0 Å². The van der Waals surface area contributed by atoms with Gasteiger partial charge in [-0.1, -0.05) is 19.1 Å². The van der Waals surface area contributed by atoms with Gasteiger partial charge < -0.3 is 32.3 Å². The average molecular weight is 275 g/mol. The number of halogens is 1. The van der Waals surface area contributed by atoms with Crippen LogP contribution >= 0.6 is 0 Å². The lowest BCUT2D eigenvalue weighted by Crippen LogP contribution is -3.00. The van der Waals surface area contributed by atoms with Crippen molar-refractivity contribution in [2.45, 2.75) is 25.9 Å². The smallest absolute Gasteiger partial charge is 0.165 e. The second kappa shape index (κ2) is 9.03. The highest BCUT2D eigenvalue weighted by Gasteiger charge is 2.10. The van der Waals surface area contributed by atoms with E-state index in [1.807, 2.05) is 25.1 Å². The molecular weight excluding hydrogens is 254 g/mol. The molecule has 0 aliphatic carbocycles. The van der Waals surface area contributed by atoms with Gasteiger partial charge in [-0.05, 0) is 12.5 Å². The summed E-state index contributed by atoms with van der Waals surface area (Å²) in [5.41, 5.74) is 1.03. The van der Waals surface area contributed by atoms with E-state index in [9.17, 15) is 0 Å². The van der Waals surface area contributed by atoms with Gasteiger partial charge in [0.1, 0.15) is 0 Å². The van der Waals surface area contributed by atoms with Crippen LogP contribution in [0, 0.1) is 0 Å². The Morgan fingerprint density at radius 1 is 1.28 bits per heavy atom. The van der Waals surface area contributed by atoms with Gasteiger partial charge in [0.15, 0.2) is 11.5 Å². The lowest BCUT2D eigenvalue weighted by atomic mass is 10.1. The van der Waals surface area contributed by atoms with Crippen molar-refractivity contribution in [1.82, 2.24) is 5.32 Å². The molecule has 18 heavy (non-hydrogen) atoms. The number of rotatable bonds is 7. The summed E-state index contributed by atoms with van der Waals surface area (Å²) in [6, 6.07) is 5.90. The van der Waals surface area contributed by atoms with E-state index >= 15 is 0 Å². The van der Waals surface area contributed by atoms with Crippen LogP contribution in [0.2, 0.25) is 0 Å². The number of benzene rings is 1. The molecule has 1 atom stereocenters. The van der Waals surface area contributed by atoms with Gasteiger partial charge in [0.2, 0.25) is 0 Å². The number of nitrogens with one attached hydrogen (secondary N) is 1. The topological polar surface area (TPSA) is 50.7 Å². The molecule has 104 valence electrons. The number of aliphatic hydroxyl groups is 1. The number of hydrogen-bond acceptors (Lipinski definition) is 4. The summed E-state index contributed by atoms with van der Waals surface area (Å²) < 4.78 is 10.6. The molecule has 0 saturated heterocycles. The molecule has 0 fully saturated rings. The van der Waals surface area contributed by atoms with Crippen molar-refractivity contribution >= 4 is 0 Å². The lowest BCUT2D eigenvalue weighted by molar-refractivity contribution is -0.00000512. The number of ether oxygens (including phenoxy) is 2. The molecule has 0 saturated carbocycles. The first kappa shape index (κ1) is 17.0. The van der Waals surface area contributed by atoms with Gasteiger partial charge in [-0.25, -0.2) is 0 Å². The highest BCUT2D eigenvalue weighted by molar-refractivity contribution is 5.46. The minimum absolute atomic E-state index is 0. The summed E-state index contributed by atoms with van der Waals surface area (Å²) in [6.07, 6.45) is 0.892. The van der Waals surface area contributed by atoms with Gasteiger partial charge in [0.25, 0.3) is 0 Å². The minimum Gasteiger partial charge on any atom is -1.00 e. The highest BCUT2D eigenvalue weighted by Crippen LogP contribution is 2.30. The molecule has 0 radical (unpaired) electrons. The SMILES string of the molecule is CCC(CO)NCc1cccc(OC)c1OC.[Cl-]. The fourth-order valence-corrected chi connectivity index (χ4v) is 1.69. The Morgan fingerprint density at radius 2 is 2.00 bits per heavy atom. The van der Waals surface area contributed by atoms with Crippen LogP contribution in [0.3, 0.4) is 0 Å². The van der Waals surface area contributed by atoms with Gasteiger partial charge in [-0.2, -0.15) is 0 Å². The van der Waals surface area contributed by atoms with Crippen LogP contribution in [0.4, 0.5) is 0 Å². The van der Waals surface area contributed by atoms with Crippen molar-refractivity contribution < 1.29 is 27.0 Å². The first-order valence-corrected chi connectivity index (χ1v) is 5.80. The normalized spacial score (nSPS) is 11.6. The van der Waals surface area contributed by atoms with Gasteiger partial charge in [0, 0.05) is 18.2 Å². The minimum atomic E-state index is 0. The summed E-state index contributed by atoms with van der Waals surface area (Å²) in [4.78, 5) is 0. The molecule has 5 heteroatoms. The summed E-state index contributed by atoms with van der Waals surface area (Å²) in [6.45, 7) is 2.83. The monoisotopic (exact) mass is 274 g/mol. The molecule has 0 aliphatic heterocycles. The molecule has 0 aromatic heterocycles. The Hall–Kier alpha value is -0.970. The third-order valence-corrected chi connectivity index (χ3v) is 2.78. The Balaban J connectivity index is 0.00000289. The van der Waals surface area contributed by atoms with E-state index in [1.54, 1.807) is 14.2 Å². The van der Waals surface area contributed by atoms with E-state index in [4.69, 9.17) is 14.6 Å². The van der Waals surface area contributed by atoms with Crippen LogP contribution in [0.15, 0.2) is 18.2 Å². The maximum atomic E-state index is 9.11. The quantitative estimate of drug-likeness (QED) is 0.640. The second-order valence-corrected chi connectivity index (χ2v) is 3.82. The van der Waals surface area contributed by atoms with Crippen molar-refractivity contribution in [1.29, 1.82) is 0 Å². The zero-order valence-electron chi connectivity index (χ0n) is 11.1. The Morgan fingerprint density at radius 3 is 2.50 bits per heavy atom. The molecule has 1 rings (SSSR count). The molecule has 0 aliphatic rings. The van der Waals surface area contributed by atoms with Gasteiger partial charge in [0.05, 0.1) is 20.8 Å². The second-order valence-electron chi connectivity index (χ2n) is 3.82. The summed E-state index contributed by atoms with van der Waals surface area (Å²) in [5, 5.41) is 12.4. The van der Waals surface area contributed by atoms with Crippen LogP contribution in [-0.4, -0.2) is 32.0 Å². The molecule has 0 heterocycles. The summed E-state index contributed by atoms with van der Waals surface area (Å²) in [5.74, 6) is 1.47. The molecule has 4 nitrogen and oxygen atoms in total. The Bertz CT molecular complexity index is 343. The first-order valence-electron chi connectivity index (χ1n) is 5.80. The molecule has 0 spiro atoms. The molecule has 1 aromatic rings. The van der Waals surface area contributed by atoms with Crippen molar-refractivity contribution in [3.8, 4) is 11.5 Å². The zero-order chi connectivity index (χ0) is 12.7. The van der Waals surface area contributed by atoms with E-state index in [2.05, 4.69) is 5.32 Å². The lowest BCUT2D eigenvalue weighted by Gasteiger charge is -2.17. The fourth-order valence-electron chi connectivity index (χ4n) is 1.69. The maximum Gasteiger partial charge on any atom is 0.165 e. The number of methoxy groups -OCH3 is 2. The highest BCUT2D eigenvalue weighted by atomic mass is 35.5. The van der Waals surface area contributed by atoms with E-state index < -0.39 is 0 Å². The first-order chi connectivity index (χ1) is 8.26.